The van der Waals surface area contributed by atoms with Crippen LogP contribution in [0.1, 0.15) is 60.3 Å². The highest BCUT2D eigenvalue weighted by Gasteiger charge is 2.39. The van der Waals surface area contributed by atoms with Crippen LogP contribution in [0.4, 0.5) is 0 Å². The minimum atomic E-state index is 0.432. The lowest BCUT2D eigenvalue weighted by molar-refractivity contribution is 0.0586. The highest BCUT2D eigenvalue weighted by molar-refractivity contribution is 4.92. The van der Waals surface area contributed by atoms with Crippen molar-refractivity contribution in [2.75, 3.05) is 0 Å². The Morgan fingerprint density at radius 1 is 1.27 bits per heavy atom. The maximum absolute atomic E-state index is 6.37. The minimum Gasteiger partial charge on any atom is -0.327 e. The Morgan fingerprint density at radius 2 is 1.80 bits per heavy atom. The van der Waals surface area contributed by atoms with Gasteiger partial charge in [0.2, 0.25) is 0 Å². The van der Waals surface area contributed by atoms with E-state index in [2.05, 4.69) is 34.6 Å². The van der Waals surface area contributed by atoms with Gasteiger partial charge in [-0.15, -0.1) is 0 Å². The molecule has 0 saturated heterocycles. The molecule has 0 bridgehead atoms. The summed E-state index contributed by atoms with van der Waals surface area (Å²) in [4.78, 5) is 0. The molecule has 0 aliphatic heterocycles. The lowest BCUT2D eigenvalue weighted by Gasteiger charge is -2.46. The molecule has 0 spiro atoms. The molecule has 2 N–H and O–H groups in total. The standard InChI is InChI=1S/C14H29N/c1-6-14(5,7-2)9-13(15)12-8-10(3)11(12)4/h10-13H,6-9,15H2,1-5H3/t10-,11?,12?,13?/m0/s1. The lowest BCUT2D eigenvalue weighted by atomic mass is 9.61. The van der Waals surface area contributed by atoms with Gasteiger partial charge in [-0.1, -0.05) is 47.5 Å². The molecular formula is C14H29N. The monoisotopic (exact) mass is 211 g/mol. The quantitative estimate of drug-likeness (QED) is 0.735. The Bertz CT molecular complexity index is 196. The van der Waals surface area contributed by atoms with Crippen LogP contribution >= 0.6 is 0 Å². The molecule has 4 atom stereocenters. The molecule has 1 aliphatic rings. The van der Waals surface area contributed by atoms with Crippen molar-refractivity contribution < 1.29 is 0 Å². The first-order valence-corrected chi connectivity index (χ1v) is 6.69. The summed E-state index contributed by atoms with van der Waals surface area (Å²) in [5.41, 5.74) is 6.84. The normalized spacial score (nSPS) is 33.6. The second-order valence-corrected chi connectivity index (χ2v) is 6.12. The fraction of sp³-hybridized carbons (Fsp3) is 1.00. The molecular weight excluding hydrogens is 182 g/mol. The number of rotatable bonds is 5. The summed E-state index contributed by atoms with van der Waals surface area (Å²) < 4.78 is 0. The molecule has 0 aromatic carbocycles. The van der Waals surface area contributed by atoms with E-state index in [0.29, 0.717) is 11.5 Å². The number of hydrogen-bond donors (Lipinski definition) is 1. The highest BCUT2D eigenvalue weighted by Crippen LogP contribution is 2.44. The van der Waals surface area contributed by atoms with E-state index in [-0.39, 0.29) is 0 Å². The second-order valence-electron chi connectivity index (χ2n) is 6.12. The van der Waals surface area contributed by atoms with Crippen LogP contribution in [0.3, 0.4) is 0 Å². The van der Waals surface area contributed by atoms with Crippen LogP contribution in [-0.2, 0) is 0 Å². The predicted octanol–water partition coefficient (Wildman–Crippen LogP) is 3.82. The van der Waals surface area contributed by atoms with Crippen molar-refractivity contribution in [2.45, 2.75) is 66.3 Å². The summed E-state index contributed by atoms with van der Waals surface area (Å²) in [5.74, 6) is 2.53. The van der Waals surface area contributed by atoms with Gasteiger partial charge in [0.1, 0.15) is 0 Å². The van der Waals surface area contributed by atoms with Crippen molar-refractivity contribution in [3.8, 4) is 0 Å². The zero-order valence-electron chi connectivity index (χ0n) is 11.2. The van der Waals surface area contributed by atoms with Gasteiger partial charge >= 0.3 is 0 Å². The Labute approximate surface area is 95.8 Å². The maximum atomic E-state index is 6.37. The molecule has 0 radical (unpaired) electrons. The third kappa shape index (κ3) is 2.75. The molecule has 1 saturated carbocycles. The predicted molar refractivity (Wildman–Crippen MR) is 67.7 cm³/mol. The summed E-state index contributed by atoms with van der Waals surface area (Å²) in [7, 11) is 0. The molecule has 3 unspecified atom stereocenters. The van der Waals surface area contributed by atoms with Gasteiger partial charge in [-0.05, 0) is 36.0 Å². The summed E-state index contributed by atoms with van der Waals surface area (Å²) >= 11 is 0. The first-order valence-electron chi connectivity index (χ1n) is 6.69. The van der Waals surface area contributed by atoms with Crippen molar-refractivity contribution in [3.63, 3.8) is 0 Å². The Kier molecular flexibility index (Phi) is 4.22. The summed E-state index contributed by atoms with van der Waals surface area (Å²) in [6, 6.07) is 0.432. The summed E-state index contributed by atoms with van der Waals surface area (Å²) in [5, 5.41) is 0. The van der Waals surface area contributed by atoms with Crippen molar-refractivity contribution in [1.82, 2.24) is 0 Å². The fourth-order valence-electron chi connectivity index (χ4n) is 2.91. The highest BCUT2D eigenvalue weighted by atomic mass is 14.7. The van der Waals surface area contributed by atoms with Gasteiger partial charge in [-0.2, -0.15) is 0 Å². The second kappa shape index (κ2) is 4.86. The van der Waals surface area contributed by atoms with Gasteiger partial charge in [-0.3, -0.25) is 0 Å². The van der Waals surface area contributed by atoms with Crippen LogP contribution in [0.25, 0.3) is 0 Å². The van der Waals surface area contributed by atoms with Crippen LogP contribution in [0.5, 0.6) is 0 Å². The lowest BCUT2D eigenvalue weighted by Crippen LogP contribution is -2.47. The van der Waals surface area contributed by atoms with E-state index in [1.54, 1.807) is 0 Å². The number of hydrogen-bond acceptors (Lipinski definition) is 1. The number of nitrogens with two attached hydrogens (primary N) is 1. The van der Waals surface area contributed by atoms with Gasteiger partial charge in [0.05, 0.1) is 0 Å². The zero-order valence-corrected chi connectivity index (χ0v) is 11.2. The van der Waals surface area contributed by atoms with E-state index in [0.717, 1.165) is 17.8 Å². The van der Waals surface area contributed by atoms with Crippen LogP contribution in [-0.4, -0.2) is 6.04 Å². The van der Waals surface area contributed by atoms with Gasteiger partial charge in [0.15, 0.2) is 0 Å². The molecule has 1 heteroatoms. The molecule has 0 amide bonds. The van der Waals surface area contributed by atoms with E-state index in [4.69, 9.17) is 5.73 Å². The van der Waals surface area contributed by atoms with Crippen molar-refractivity contribution in [1.29, 1.82) is 0 Å². The molecule has 0 aromatic rings. The molecule has 0 heterocycles. The van der Waals surface area contributed by atoms with E-state index in [1.165, 1.54) is 25.7 Å². The molecule has 1 aliphatic carbocycles. The van der Waals surface area contributed by atoms with E-state index in [9.17, 15) is 0 Å². The summed E-state index contributed by atoms with van der Waals surface area (Å²) in [6.45, 7) is 11.7. The smallest absolute Gasteiger partial charge is 0.00750 e. The first kappa shape index (κ1) is 13.0. The molecule has 1 rings (SSSR count). The zero-order chi connectivity index (χ0) is 11.6. The van der Waals surface area contributed by atoms with Crippen molar-refractivity contribution >= 4 is 0 Å². The van der Waals surface area contributed by atoms with Gasteiger partial charge in [0, 0.05) is 6.04 Å². The first-order chi connectivity index (χ1) is 6.93. The molecule has 90 valence electrons. The van der Waals surface area contributed by atoms with Gasteiger partial charge < -0.3 is 5.73 Å². The average Bonchev–Trinajstić information content (AvgIpc) is 2.24. The van der Waals surface area contributed by atoms with Gasteiger partial charge in [0.25, 0.3) is 0 Å². The fourth-order valence-corrected chi connectivity index (χ4v) is 2.91. The molecule has 15 heavy (non-hydrogen) atoms. The maximum Gasteiger partial charge on any atom is 0.00750 e. The van der Waals surface area contributed by atoms with E-state index in [1.807, 2.05) is 0 Å². The third-order valence-electron chi connectivity index (χ3n) is 5.20. The molecule has 1 fully saturated rings. The summed E-state index contributed by atoms with van der Waals surface area (Å²) in [6.07, 6.45) is 5.08. The third-order valence-corrected chi connectivity index (χ3v) is 5.20. The van der Waals surface area contributed by atoms with Crippen LogP contribution in [0.2, 0.25) is 0 Å². The van der Waals surface area contributed by atoms with E-state index < -0.39 is 0 Å². The largest absolute Gasteiger partial charge is 0.327 e. The van der Waals surface area contributed by atoms with Crippen LogP contribution in [0.15, 0.2) is 0 Å². The van der Waals surface area contributed by atoms with Crippen molar-refractivity contribution in [3.05, 3.63) is 0 Å². The minimum absolute atomic E-state index is 0.432. The topological polar surface area (TPSA) is 26.0 Å². The van der Waals surface area contributed by atoms with Crippen molar-refractivity contribution in [2.24, 2.45) is 28.9 Å². The van der Waals surface area contributed by atoms with Crippen LogP contribution < -0.4 is 5.73 Å². The molecule has 1 nitrogen and oxygen atoms in total. The average molecular weight is 211 g/mol. The van der Waals surface area contributed by atoms with Crippen LogP contribution in [0, 0.1) is 23.2 Å². The van der Waals surface area contributed by atoms with Gasteiger partial charge in [-0.25, -0.2) is 0 Å². The SMILES string of the molecule is CCC(C)(CC)CC(N)C1C[C@H](C)C1C. The Hall–Kier alpha value is -0.0400. The van der Waals surface area contributed by atoms with E-state index >= 15 is 0 Å². The molecule has 0 aromatic heterocycles. The Morgan fingerprint density at radius 3 is 2.13 bits per heavy atom. The Balaban J connectivity index is 2.45.